The van der Waals surface area contributed by atoms with E-state index in [1.54, 1.807) is 0 Å². The third-order valence-corrected chi connectivity index (χ3v) is 11.2. The average molecular weight is 503 g/mol. The predicted molar refractivity (Wildman–Crippen MR) is 163 cm³/mol. The molecule has 0 N–H and O–H groups in total. The fourth-order valence-electron chi connectivity index (χ4n) is 6.39. The summed E-state index contributed by atoms with van der Waals surface area (Å²) in [5.74, 6) is 0. The van der Waals surface area contributed by atoms with E-state index in [1.807, 2.05) is 30.3 Å². The third-order valence-electron chi connectivity index (χ3n) is 8.06. The summed E-state index contributed by atoms with van der Waals surface area (Å²) >= 11 is 0. The number of benzene rings is 7. The molecule has 0 spiro atoms. The van der Waals surface area contributed by atoms with Gasteiger partial charge in [-0.25, -0.2) is 0 Å². The van der Waals surface area contributed by atoms with Crippen molar-refractivity contribution in [2.75, 3.05) is 0 Å². The van der Waals surface area contributed by atoms with Crippen LogP contribution in [0.3, 0.4) is 0 Å². The monoisotopic (exact) mass is 502 g/mol. The zero-order valence-corrected chi connectivity index (χ0v) is 21.5. The molecule has 1 atom stereocenters. The van der Waals surface area contributed by atoms with E-state index in [4.69, 9.17) is 0 Å². The molecule has 38 heavy (non-hydrogen) atoms. The van der Waals surface area contributed by atoms with Crippen molar-refractivity contribution in [2.24, 2.45) is 0 Å². The minimum absolute atomic E-state index is 0.866. The molecule has 0 radical (unpaired) electrons. The van der Waals surface area contributed by atoms with E-state index >= 15 is 4.57 Å². The van der Waals surface area contributed by atoms with E-state index in [1.165, 1.54) is 16.3 Å². The zero-order valence-electron chi connectivity index (χ0n) is 20.6. The van der Waals surface area contributed by atoms with Crippen LogP contribution in [0.4, 0.5) is 0 Å². The average Bonchev–Trinajstić information content (AvgIpc) is 3.09. The van der Waals surface area contributed by atoms with Crippen LogP contribution < -0.4 is 15.9 Å². The lowest BCUT2D eigenvalue weighted by molar-refractivity contribution is 0.592. The van der Waals surface area contributed by atoms with Gasteiger partial charge in [-0.2, -0.15) is 0 Å². The van der Waals surface area contributed by atoms with E-state index in [0.29, 0.717) is 0 Å². The minimum atomic E-state index is -3.26. The Morgan fingerprint density at radius 1 is 0.368 bits per heavy atom. The number of hydrogen-bond donors (Lipinski definition) is 0. The van der Waals surface area contributed by atoms with E-state index in [-0.39, 0.29) is 0 Å². The van der Waals surface area contributed by atoms with Crippen molar-refractivity contribution in [3.05, 3.63) is 140 Å². The molecule has 0 saturated heterocycles. The molecule has 178 valence electrons. The standard InChI is InChI=1S/C36H23OP/c37-38(27-13-2-1-3-14-27)32-22-19-25-11-4-7-15-28(25)34(32)31-21-18-24-10-5-8-16-29(24)35(31)36-30-17-9-6-12-26(30)20-23-33(36)38/h1-23H. The molecule has 8 rings (SSSR count). The largest absolute Gasteiger partial charge is 0.309 e. The van der Waals surface area contributed by atoms with Gasteiger partial charge in [0.2, 0.25) is 0 Å². The second kappa shape index (κ2) is 8.02. The SMILES string of the molecule is O=P1(c2ccccc2)c2ccc3ccccc3c2-c2ccc3ccccc3c2-c2c1ccc1ccccc21. The maximum absolute atomic E-state index is 16.0. The van der Waals surface area contributed by atoms with Crippen LogP contribution in [-0.2, 0) is 4.57 Å². The third kappa shape index (κ3) is 2.86. The summed E-state index contributed by atoms with van der Waals surface area (Å²) in [6.07, 6.45) is 0. The van der Waals surface area contributed by atoms with Gasteiger partial charge in [0, 0.05) is 27.0 Å². The molecule has 0 aliphatic carbocycles. The zero-order chi connectivity index (χ0) is 25.3. The van der Waals surface area contributed by atoms with Gasteiger partial charge in [0.15, 0.2) is 7.14 Å². The molecule has 0 saturated carbocycles. The fourth-order valence-corrected chi connectivity index (χ4v) is 9.47. The quantitative estimate of drug-likeness (QED) is 0.206. The molecule has 7 aromatic rings. The Bertz CT molecular complexity index is 2110. The summed E-state index contributed by atoms with van der Waals surface area (Å²) in [5, 5.41) is 9.63. The van der Waals surface area contributed by atoms with Crippen molar-refractivity contribution in [1.82, 2.24) is 0 Å². The van der Waals surface area contributed by atoms with Gasteiger partial charge in [-0.15, -0.1) is 0 Å². The van der Waals surface area contributed by atoms with Crippen molar-refractivity contribution in [3.63, 3.8) is 0 Å². The maximum Gasteiger partial charge on any atom is 0.172 e. The molecule has 0 amide bonds. The lowest BCUT2D eigenvalue weighted by atomic mass is 9.86. The highest BCUT2D eigenvalue weighted by atomic mass is 31.2. The van der Waals surface area contributed by atoms with Crippen LogP contribution in [-0.4, -0.2) is 0 Å². The van der Waals surface area contributed by atoms with E-state index in [0.717, 1.165) is 54.1 Å². The van der Waals surface area contributed by atoms with Crippen LogP contribution in [0.25, 0.3) is 54.6 Å². The predicted octanol–water partition coefficient (Wildman–Crippen LogP) is 8.43. The summed E-state index contributed by atoms with van der Waals surface area (Å²) in [6, 6.07) is 48.6. The van der Waals surface area contributed by atoms with Gasteiger partial charge in [-0.1, -0.05) is 127 Å². The molecular weight excluding hydrogens is 479 g/mol. The van der Waals surface area contributed by atoms with Crippen molar-refractivity contribution < 1.29 is 4.57 Å². The summed E-state index contributed by atoms with van der Waals surface area (Å²) < 4.78 is 16.0. The van der Waals surface area contributed by atoms with Crippen LogP contribution in [0.5, 0.6) is 0 Å². The van der Waals surface area contributed by atoms with Crippen molar-refractivity contribution in [1.29, 1.82) is 0 Å². The maximum atomic E-state index is 16.0. The first kappa shape index (κ1) is 21.6. The summed E-state index contributed by atoms with van der Waals surface area (Å²) in [6.45, 7) is 0. The lowest BCUT2D eigenvalue weighted by Crippen LogP contribution is -2.26. The molecule has 0 bridgehead atoms. The van der Waals surface area contributed by atoms with Crippen molar-refractivity contribution >= 4 is 55.4 Å². The molecule has 1 heterocycles. The molecule has 7 aromatic carbocycles. The van der Waals surface area contributed by atoms with Gasteiger partial charge in [0.25, 0.3) is 0 Å². The highest BCUT2D eigenvalue weighted by Crippen LogP contribution is 2.55. The molecule has 1 aliphatic heterocycles. The van der Waals surface area contributed by atoms with E-state index in [9.17, 15) is 0 Å². The summed E-state index contributed by atoms with van der Waals surface area (Å²) in [4.78, 5) is 0. The summed E-state index contributed by atoms with van der Waals surface area (Å²) in [5.41, 5.74) is 4.47. The highest BCUT2D eigenvalue weighted by Gasteiger charge is 2.39. The van der Waals surface area contributed by atoms with Crippen LogP contribution in [0, 0.1) is 0 Å². The Morgan fingerprint density at radius 3 is 1.42 bits per heavy atom. The molecule has 1 unspecified atom stereocenters. The molecular formula is C36H23OP. The Hall–Kier alpha value is -4.45. The number of fused-ring (bicyclic) bond motifs is 11. The van der Waals surface area contributed by atoms with Crippen LogP contribution in [0.2, 0.25) is 0 Å². The van der Waals surface area contributed by atoms with Crippen LogP contribution >= 0.6 is 7.14 Å². The highest BCUT2D eigenvalue weighted by molar-refractivity contribution is 7.86. The fraction of sp³-hybridized carbons (Fsp3) is 0. The Labute approximate surface area is 221 Å². The van der Waals surface area contributed by atoms with E-state index in [2.05, 4.69) is 109 Å². The van der Waals surface area contributed by atoms with Gasteiger partial charge in [-0.05, 0) is 55.6 Å². The molecule has 2 heteroatoms. The number of hydrogen-bond acceptors (Lipinski definition) is 1. The topological polar surface area (TPSA) is 17.1 Å². The molecule has 0 fully saturated rings. The van der Waals surface area contributed by atoms with Crippen molar-refractivity contribution in [2.45, 2.75) is 0 Å². The number of rotatable bonds is 1. The van der Waals surface area contributed by atoms with Crippen LogP contribution in [0.1, 0.15) is 0 Å². The summed E-state index contributed by atoms with van der Waals surface area (Å²) in [7, 11) is -3.26. The van der Waals surface area contributed by atoms with Crippen LogP contribution in [0.15, 0.2) is 140 Å². The first-order chi connectivity index (χ1) is 18.7. The Morgan fingerprint density at radius 2 is 0.816 bits per heavy atom. The second-order valence-electron chi connectivity index (χ2n) is 10.0. The Kier molecular flexibility index (Phi) is 4.56. The van der Waals surface area contributed by atoms with Gasteiger partial charge < -0.3 is 4.57 Å². The van der Waals surface area contributed by atoms with E-state index < -0.39 is 7.14 Å². The molecule has 1 aliphatic rings. The minimum Gasteiger partial charge on any atom is -0.309 e. The lowest BCUT2D eigenvalue weighted by Gasteiger charge is -2.23. The van der Waals surface area contributed by atoms with Gasteiger partial charge in [0.05, 0.1) is 0 Å². The van der Waals surface area contributed by atoms with Gasteiger partial charge in [-0.3, -0.25) is 0 Å². The molecule has 0 aromatic heterocycles. The second-order valence-corrected chi connectivity index (χ2v) is 12.7. The van der Waals surface area contributed by atoms with Gasteiger partial charge in [0.1, 0.15) is 0 Å². The normalized spacial score (nSPS) is 16.1. The van der Waals surface area contributed by atoms with Gasteiger partial charge >= 0.3 is 0 Å². The first-order valence-electron chi connectivity index (χ1n) is 13.0. The van der Waals surface area contributed by atoms with Crippen molar-refractivity contribution in [3.8, 4) is 22.3 Å². The first-order valence-corrected chi connectivity index (χ1v) is 14.7. The smallest absolute Gasteiger partial charge is 0.172 e. The molecule has 1 nitrogen and oxygen atoms in total. The Balaban J connectivity index is 1.71.